The average Bonchev–Trinajstić information content (AvgIpc) is 3.09. The van der Waals surface area contributed by atoms with Gasteiger partial charge in [-0.05, 0) is 51.0 Å². The second-order valence-electron chi connectivity index (χ2n) is 6.98. The van der Waals surface area contributed by atoms with Crippen LogP contribution in [-0.4, -0.2) is 50.1 Å². The Kier molecular flexibility index (Phi) is 9.06. The van der Waals surface area contributed by atoms with Gasteiger partial charge in [0.25, 0.3) is 0 Å². The van der Waals surface area contributed by atoms with Gasteiger partial charge in [0.05, 0.1) is 11.9 Å². The summed E-state index contributed by atoms with van der Waals surface area (Å²) in [5.41, 5.74) is 2.10. The van der Waals surface area contributed by atoms with Gasteiger partial charge < -0.3 is 10.2 Å². The number of anilines is 2. The number of hydrogen-bond donors (Lipinski definition) is 2. The molecule has 0 atom stereocenters. The van der Waals surface area contributed by atoms with Gasteiger partial charge in [-0.2, -0.15) is 0 Å². The molecule has 1 amide bonds. The van der Waals surface area contributed by atoms with E-state index in [-0.39, 0.29) is 5.91 Å². The maximum atomic E-state index is 12.2. The van der Waals surface area contributed by atoms with Crippen LogP contribution >= 0.6 is 11.3 Å². The Morgan fingerprint density at radius 2 is 1.76 bits per heavy atom. The van der Waals surface area contributed by atoms with Gasteiger partial charge in [0.15, 0.2) is 5.13 Å². The number of amides is 1. The Morgan fingerprint density at radius 3 is 2.34 bits per heavy atom. The van der Waals surface area contributed by atoms with Crippen molar-refractivity contribution in [1.29, 1.82) is 0 Å². The molecule has 1 aromatic carbocycles. The lowest BCUT2D eigenvalue weighted by Crippen LogP contribution is -2.27. The molecule has 1 heterocycles. The molecule has 0 radical (unpaired) electrons. The van der Waals surface area contributed by atoms with Crippen molar-refractivity contribution in [1.82, 2.24) is 9.88 Å². The Hall–Kier alpha value is -1.97. The lowest BCUT2D eigenvalue weighted by molar-refractivity contribution is -0.116. The molecule has 0 fully saturated rings. The summed E-state index contributed by atoms with van der Waals surface area (Å²) in [6.07, 6.45) is 4.67. The van der Waals surface area contributed by atoms with E-state index in [1.807, 2.05) is 5.38 Å². The number of nitrogens with zero attached hydrogens (tertiary/aromatic N) is 2. The second-order valence-corrected chi connectivity index (χ2v) is 9.59. The van der Waals surface area contributed by atoms with Crippen LogP contribution < -0.4 is 10.0 Å². The number of sulfonamides is 1. The SMILES string of the molecule is CCCN(CCC)CCCC(=O)Nc1nc(-c2ccc(NS(C)(=O)=O)cc2)cs1. The number of carbonyl (C=O) groups excluding carboxylic acids is 1. The van der Waals surface area contributed by atoms with Crippen molar-refractivity contribution in [3.05, 3.63) is 29.6 Å². The molecule has 2 N–H and O–H groups in total. The molecule has 2 rings (SSSR count). The van der Waals surface area contributed by atoms with Crippen LogP contribution in [0.15, 0.2) is 29.6 Å². The highest BCUT2D eigenvalue weighted by molar-refractivity contribution is 7.92. The zero-order valence-corrected chi connectivity index (χ0v) is 18.9. The van der Waals surface area contributed by atoms with Gasteiger partial charge in [0.1, 0.15) is 0 Å². The van der Waals surface area contributed by atoms with Crippen LogP contribution in [0.3, 0.4) is 0 Å². The molecule has 0 spiro atoms. The summed E-state index contributed by atoms with van der Waals surface area (Å²) in [4.78, 5) is 19.1. The first-order chi connectivity index (χ1) is 13.8. The highest BCUT2D eigenvalue weighted by Gasteiger charge is 2.10. The zero-order valence-electron chi connectivity index (χ0n) is 17.3. The predicted octanol–water partition coefficient (Wildman–Crippen LogP) is 4.02. The summed E-state index contributed by atoms with van der Waals surface area (Å²) >= 11 is 1.38. The first-order valence-electron chi connectivity index (χ1n) is 9.86. The van der Waals surface area contributed by atoms with E-state index >= 15 is 0 Å². The normalized spacial score (nSPS) is 11.6. The van der Waals surface area contributed by atoms with E-state index in [2.05, 4.69) is 33.8 Å². The van der Waals surface area contributed by atoms with Crippen LogP contribution in [0.25, 0.3) is 11.3 Å². The Bertz CT molecular complexity index is 873. The summed E-state index contributed by atoms with van der Waals surface area (Å²) in [5.74, 6) is -0.0217. The van der Waals surface area contributed by atoms with Crippen LogP contribution in [0.4, 0.5) is 10.8 Å². The maximum Gasteiger partial charge on any atom is 0.229 e. The van der Waals surface area contributed by atoms with Crippen molar-refractivity contribution in [3.8, 4) is 11.3 Å². The highest BCUT2D eigenvalue weighted by Crippen LogP contribution is 2.26. The molecule has 29 heavy (non-hydrogen) atoms. The fourth-order valence-corrected chi connectivity index (χ4v) is 4.30. The lowest BCUT2D eigenvalue weighted by Gasteiger charge is -2.20. The first-order valence-corrected chi connectivity index (χ1v) is 12.6. The fourth-order valence-electron chi connectivity index (χ4n) is 3.00. The van der Waals surface area contributed by atoms with Crippen LogP contribution in [-0.2, 0) is 14.8 Å². The molecule has 0 aliphatic rings. The van der Waals surface area contributed by atoms with Gasteiger partial charge >= 0.3 is 0 Å². The minimum Gasteiger partial charge on any atom is -0.303 e. The summed E-state index contributed by atoms with van der Waals surface area (Å²) in [6.45, 7) is 7.43. The minimum absolute atomic E-state index is 0.0217. The van der Waals surface area contributed by atoms with Gasteiger partial charge in [-0.1, -0.05) is 26.0 Å². The molecule has 0 bridgehead atoms. The first kappa shape index (κ1) is 23.3. The molecule has 0 aliphatic heterocycles. The largest absolute Gasteiger partial charge is 0.303 e. The molecule has 7 nitrogen and oxygen atoms in total. The lowest BCUT2D eigenvalue weighted by atomic mass is 10.1. The van der Waals surface area contributed by atoms with Crippen LogP contribution in [0.1, 0.15) is 39.5 Å². The van der Waals surface area contributed by atoms with E-state index in [0.717, 1.165) is 56.4 Å². The Labute approximate surface area is 177 Å². The third-order valence-electron chi connectivity index (χ3n) is 4.19. The number of hydrogen-bond acceptors (Lipinski definition) is 6. The molecular weight excluding hydrogens is 408 g/mol. The third-order valence-corrected chi connectivity index (χ3v) is 5.56. The van der Waals surface area contributed by atoms with Crippen molar-refractivity contribution < 1.29 is 13.2 Å². The summed E-state index contributed by atoms with van der Waals surface area (Å²) < 4.78 is 25.0. The number of rotatable bonds is 12. The van der Waals surface area contributed by atoms with Gasteiger partial charge in [0, 0.05) is 23.1 Å². The van der Waals surface area contributed by atoms with Crippen molar-refractivity contribution in [2.45, 2.75) is 39.5 Å². The molecule has 0 aliphatic carbocycles. The highest BCUT2D eigenvalue weighted by atomic mass is 32.2. The number of aromatic nitrogens is 1. The van der Waals surface area contributed by atoms with E-state index < -0.39 is 10.0 Å². The van der Waals surface area contributed by atoms with Gasteiger partial charge in [-0.25, -0.2) is 13.4 Å². The van der Waals surface area contributed by atoms with Crippen molar-refractivity contribution >= 4 is 38.1 Å². The Balaban J connectivity index is 1.85. The molecular formula is C20H30N4O3S2. The quantitative estimate of drug-likeness (QED) is 0.522. The topological polar surface area (TPSA) is 91.4 Å². The smallest absolute Gasteiger partial charge is 0.229 e. The van der Waals surface area contributed by atoms with E-state index in [9.17, 15) is 13.2 Å². The average molecular weight is 439 g/mol. The molecule has 2 aromatic rings. The van der Waals surface area contributed by atoms with E-state index in [0.29, 0.717) is 17.2 Å². The summed E-state index contributed by atoms with van der Waals surface area (Å²) in [5, 5.41) is 5.32. The standard InChI is InChI=1S/C20H30N4O3S2/c1-4-12-24(13-5-2)14-6-7-19(25)22-20-21-18(15-28-20)16-8-10-17(11-9-16)23-29(3,26)27/h8-11,15,23H,4-7,12-14H2,1-3H3,(H,21,22,25). The Morgan fingerprint density at radius 1 is 1.10 bits per heavy atom. The monoisotopic (exact) mass is 438 g/mol. The van der Waals surface area contributed by atoms with Gasteiger partial charge in [0.2, 0.25) is 15.9 Å². The number of benzene rings is 1. The molecule has 1 aromatic heterocycles. The maximum absolute atomic E-state index is 12.2. The molecule has 9 heteroatoms. The van der Waals surface area contributed by atoms with Crippen molar-refractivity contribution in [2.75, 3.05) is 35.9 Å². The molecule has 0 unspecified atom stereocenters. The number of nitrogens with one attached hydrogen (secondary N) is 2. The van der Waals surface area contributed by atoms with Gasteiger partial charge in [-0.3, -0.25) is 9.52 Å². The van der Waals surface area contributed by atoms with Gasteiger partial charge in [-0.15, -0.1) is 11.3 Å². The molecule has 0 saturated carbocycles. The minimum atomic E-state index is -3.30. The number of thiazole rings is 1. The predicted molar refractivity (Wildman–Crippen MR) is 121 cm³/mol. The van der Waals surface area contributed by atoms with Crippen molar-refractivity contribution in [3.63, 3.8) is 0 Å². The zero-order chi connectivity index (χ0) is 21.3. The van der Waals surface area contributed by atoms with E-state index in [1.54, 1.807) is 24.3 Å². The molecule has 160 valence electrons. The fraction of sp³-hybridized carbons (Fsp3) is 0.500. The third kappa shape index (κ3) is 8.51. The van der Waals surface area contributed by atoms with Crippen LogP contribution in [0.5, 0.6) is 0 Å². The number of carbonyl (C=O) groups is 1. The summed E-state index contributed by atoms with van der Waals surface area (Å²) in [7, 11) is -3.30. The van der Waals surface area contributed by atoms with Crippen LogP contribution in [0, 0.1) is 0 Å². The van der Waals surface area contributed by atoms with Crippen LogP contribution in [0.2, 0.25) is 0 Å². The van der Waals surface area contributed by atoms with E-state index in [4.69, 9.17) is 0 Å². The van der Waals surface area contributed by atoms with Crippen molar-refractivity contribution in [2.24, 2.45) is 0 Å². The summed E-state index contributed by atoms with van der Waals surface area (Å²) in [6, 6.07) is 6.97. The molecule has 0 saturated heterocycles. The van der Waals surface area contributed by atoms with E-state index in [1.165, 1.54) is 11.3 Å². The second kappa shape index (κ2) is 11.3.